The third-order valence-corrected chi connectivity index (χ3v) is 5.38. The minimum atomic E-state index is -3.53. The summed E-state index contributed by atoms with van der Waals surface area (Å²) in [5.41, 5.74) is 7.36. The standard InChI is InChI=1S/C14H18N2O2S2/c1-11(8-12-6-7-19-10-12)16-20(17,18)14-5-3-2-4-13(14)9-15/h2-7,10-11,16H,8-9,15H2,1H3. The molecule has 1 aromatic carbocycles. The Kier molecular flexibility index (Phi) is 4.93. The first-order valence-electron chi connectivity index (χ1n) is 6.34. The van der Waals surface area contributed by atoms with Crippen molar-refractivity contribution in [3.8, 4) is 0 Å². The summed E-state index contributed by atoms with van der Waals surface area (Å²) < 4.78 is 27.5. The van der Waals surface area contributed by atoms with Crippen LogP contribution in [0.15, 0.2) is 46.0 Å². The first-order valence-corrected chi connectivity index (χ1v) is 8.77. The number of nitrogens with two attached hydrogens (primary N) is 1. The summed E-state index contributed by atoms with van der Waals surface area (Å²) in [5, 5.41) is 4.01. The second-order valence-electron chi connectivity index (χ2n) is 4.67. The van der Waals surface area contributed by atoms with Gasteiger partial charge in [-0.25, -0.2) is 13.1 Å². The fourth-order valence-corrected chi connectivity index (χ4v) is 4.24. The maximum absolute atomic E-state index is 12.4. The van der Waals surface area contributed by atoms with Gasteiger partial charge in [0.25, 0.3) is 0 Å². The van der Waals surface area contributed by atoms with E-state index in [0.717, 1.165) is 5.56 Å². The molecule has 0 bridgehead atoms. The zero-order chi connectivity index (χ0) is 14.6. The summed E-state index contributed by atoms with van der Waals surface area (Å²) in [6, 6.07) is 8.65. The van der Waals surface area contributed by atoms with E-state index in [2.05, 4.69) is 4.72 Å². The smallest absolute Gasteiger partial charge is 0.241 e. The first kappa shape index (κ1) is 15.2. The molecule has 0 radical (unpaired) electrons. The largest absolute Gasteiger partial charge is 0.326 e. The molecule has 108 valence electrons. The van der Waals surface area contributed by atoms with Crippen molar-refractivity contribution < 1.29 is 8.42 Å². The van der Waals surface area contributed by atoms with E-state index >= 15 is 0 Å². The summed E-state index contributed by atoms with van der Waals surface area (Å²) in [7, 11) is -3.53. The van der Waals surface area contributed by atoms with Crippen molar-refractivity contribution in [2.45, 2.75) is 30.8 Å². The molecule has 6 heteroatoms. The van der Waals surface area contributed by atoms with Crippen molar-refractivity contribution in [1.82, 2.24) is 4.72 Å². The van der Waals surface area contributed by atoms with Gasteiger partial charge in [0.05, 0.1) is 4.90 Å². The number of sulfonamides is 1. The zero-order valence-electron chi connectivity index (χ0n) is 11.2. The lowest BCUT2D eigenvalue weighted by Gasteiger charge is -2.15. The van der Waals surface area contributed by atoms with Gasteiger partial charge in [-0.15, -0.1) is 0 Å². The Hall–Kier alpha value is -1.21. The van der Waals surface area contributed by atoms with E-state index in [9.17, 15) is 8.42 Å². The normalized spacial score (nSPS) is 13.3. The fourth-order valence-electron chi connectivity index (χ4n) is 2.07. The predicted octanol–water partition coefficient (Wildman–Crippen LogP) is 2.12. The molecule has 2 rings (SSSR count). The highest BCUT2D eigenvalue weighted by Crippen LogP contribution is 2.16. The second-order valence-corrected chi connectivity index (χ2v) is 7.13. The summed E-state index contributed by atoms with van der Waals surface area (Å²) in [6.45, 7) is 2.07. The minimum Gasteiger partial charge on any atom is -0.326 e. The van der Waals surface area contributed by atoms with Crippen LogP contribution >= 0.6 is 11.3 Å². The van der Waals surface area contributed by atoms with E-state index in [4.69, 9.17) is 5.73 Å². The van der Waals surface area contributed by atoms with Crippen LogP contribution in [-0.4, -0.2) is 14.5 Å². The molecule has 1 unspecified atom stereocenters. The van der Waals surface area contributed by atoms with Crippen LogP contribution in [0.1, 0.15) is 18.1 Å². The van der Waals surface area contributed by atoms with E-state index in [1.54, 1.807) is 35.6 Å². The van der Waals surface area contributed by atoms with Gasteiger partial charge in [0.1, 0.15) is 0 Å². The molecule has 0 amide bonds. The highest BCUT2D eigenvalue weighted by Gasteiger charge is 2.20. The Balaban J connectivity index is 2.14. The minimum absolute atomic E-state index is 0.166. The van der Waals surface area contributed by atoms with Crippen LogP contribution in [0.3, 0.4) is 0 Å². The molecule has 1 aromatic heterocycles. The number of rotatable bonds is 6. The van der Waals surface area contributed by atoms with Gasteiger partial charge in [0, 0.05) is 12.6 Å². The molecule has 4 nitrogen and oxygen atoms in total. The number of benzene rings is 1. The van der Waals surface area contributed by atoms with Crippen molar-refractivity contribution in [2.24, 2.45) is 5.73 Å². The SMILES string of the molecule is CC(Cc1ccsc1)NS(=O)(=O)c1ccccc1CN. The Morgan fingerprint density at radius 1 is 1.30 bits per heavy atom. The van der Waals surface area contributed by atoms with E-state index in [1.807, 2.05) is 23.8 Å². The van der Waals surface area contributed by atoms with Crippen molar-refractivity contribution in [3.05, 3.63) is 52.2 Å². The molecule has 0 aliphatic rings. The van der Waals surface area contributed by atoms with Gasteiger partial charge in [0.2, 0.25) is 10.0 Å². The van der Waals surface area contributed by atoms with E-state index in [-0.39, 0.29) is 17.5 Å². The van der Waals surface area contributed by atoms with Crippen LogP contribution in [0, 0.1) is 0 Å². The topological polar surface area (TPSA) is 72.2 Å². The van der Waals surface area contributed by atoms with E-state index in [1.165, 1.54) is 0 Å². The maximum atomic E-state index is 12.4. The summed E-state index contributed by atoms with van der Waals surface area (Å²) in [4.78, 5) is 0.264. The number of hydrogen-bond donors (Lipinski definition) is 2. The molecule has 0 saturated carbocycles. The molecule has 0 fully saturated rings. The molecular formula is C14H18N2O2S2. The summed E-state index contributed by atoms with van der Waals surface area (Å²) >= 11 is 1.61. The number of thiophene rings is 1. The lowest BCUT2D eigenvalue weighted by atomic mass is 10.1. The molecule has 20 heavy (non-hydrogen) atoms. The van der Waals surface area contributed by atoms with Crippen LogP contribution in [0.25, 0.3) is 0 Å². The number of nitrogens with one attached hydrogen (secondary N) is 1. The van der Waals surface area contributed by atoms with Crippen LogP contribution in [0.5, 0.6) is 0 Å². The fraction of sp³-hybridized carbons (Fsp3) is 0.286. The Bertz CT molecular complexity index is 652. The lowest BCUT2D eigenvalue weighted by Crippen LogP contribution is -2.34. The van der Waals surface area contributed by atoms with Crippen LogP contribution in [-0.2, 0) is 23.0 Å². The molecule has 2 aromatic rings. The molecule has 0 aliphatic carbocycles. The molecule has 0 saturated heterocycles. The third-order valence-electron chi connectivity index (χ3n) is 2.96. The third kappa shape index (κ3) is 3.67. The first-order chi connectivity index (χ1) is 9.53. The zero-order valence-corrected chi connectivity index (χ0v) is 12.9. The Morgan fingerprint density at radius 2 is 2.05 bits per heavy atom. The van der Waals surface area contributed by atoms with Crippen LogP contribution in [0.2, 0.25) is 0 Å². The van der Waals surface area contributed by atoms with Gasteiger partial charge in [-0.1, -0.05) is 18.2 Å². The molecule has 1 heterocycles. The van der Waals surface area contributed by atoms with Crippen molar-refractivity contribution in [3.63, 3.8) is 0 Å². The van der Waals surface area contributed by atoms with Crippen molar-refractivity contribution in [1.29, 1.82) is 0 Å². The monoisotopic (exact) mass is 310 g/mol. The van der Waals surface area contributed by atoms with Crippen LogP contribution < -0.4 is 10.5 Å². The summed E-state index contributed by atoms with van der Waals surface area (Å²) in [5.74, 6) is 0. The van der Waals surface area contributed by atoms with Gasteiger partial charge in [0.15, 0.2) is 0 Å². The van der Waals surface area contributed by atoms with Crippen molar-refractivity contribution in [2.75, 3.05) is 0 Å². The maximum Gasteiger partial charge on any atom is 0.241 e. The Morgan fingerprint density at radius 3 is 2.70 bits per heavy atom. The molecule has 0 spiro atoms. The summed E-state index contributed by atoms with van der Waals surface area (Å²) in [6.07, 6.45) is 0.674. The quantitative estimate of drug-likeness (QED) is 0.858. The average Bonchev–Trinajstić information content (AvgIpc) is 2.90. The molecule has 3 N–H and O–H groups in total. The van der Waals surface area contributed by atoms with Gasteiger partial charge in [-0.05, 0) is 47.4 Å². The van der Waals surface area contributed by atoms with Gasteiger partial charge >= 0.3 is 0 Å². The molecular weight excluding hydrogens is 292 g/mol. The lowest BCUT2D eigenvalue weighted by molar-refractivity contribution is 0.559. The van der Waals surface area contributed by atoms with Crippen LogP contribution in [0.4, 0.5) is 0 Å². The molecule has 1 atom stereocenters. The van der Waals surface area contributed by atoms with E-state index < -0.39 is 10.0 Å². The highest BCUT2D eigenvalue weighted by molar-refractivity contribution is 7.89. The average molecular weight is 310 g/mol. The van der Waals surface area contributed by atoms with Gasteiger partial charge < -0.3 is 5.73 Å². The Labute approximate surface area is 123 Å². The second kappa shape index (κ2) is 6.49. The molecule has 0 aliphatic heterocycles. The van der Waals surface area contributed by atoms with Crippen molar-refractivity contribution >= 4 is 21.4 Å². The van der Waals surface area contributed by atoms with Gasteiger partial charge in [-0.3, -0.25) is 0 Å². The predicted molar refractivity (Wildman–Crippen MR) is 82.1 cm³/mol. The van der Waals surface area contributed by atoms with Gasteiger partial charge in [-0.2, -0.15) is 11.3 Å². The highest BCUT2D eigenvalue weighted by atomic mass is 32.2. The van der Waals surface area contributed by atoms with E-state index in [0.29, 0.717) is 12.0 Å². The number of hydrogen-bond acceptors (Lipinski definition) is 4.